The van der Waals surface area contributed by atoms with Gasteiger partial charge in [0, 0.05) is 19.3 Å². The molecule has 1 aliphatic heterocycles. The van der Waals surface area contributed by atoms with Crippen LogP contribution >= 0.6 is 0 Å². The van der Waals surface area contributed by atoms with Crippen molar-refractivity contribution in [3.63, 3.8) is 0 Å². The molecule has 2 heterocycles. The van der Waals surface area contributed by atoms with E-state index in [0.717, 1.165) is 17.7 Å². The molecule has 28 heavy (non-hydrogen) atoms. The van der Waals surface area contributed by atoms with Crippen LogP contribution in [0.4, 0.5) is 0 Å². The van der Waals surface area contributed by atoms with E-state index < -0.39 is 0 Å². The molecule has 1 fully saturated rings. The van der Waals surface area contributed by atoms with Gasteiger partial charge in [-0.1, -0.05) is 54.6 Å². The fourth-order valence-corrected chi connectivity index (χ4v) is 3.71. The zero-order valence-corrected chi connectivity index (χ0v) is 16.0. The second-order valence-corrected chi connectivity index (χ2v) is 7.23. The van der Waals surface area contributed by atoms with E-state index in [4.69, 9.17) is 0 Å². The molecule has 3 aromatic rings. The molecule has 4 heteroatoms. The predicted octanol–water partition coefficient (Wildman–Crippen LogP) is 4.27. The Bertz CT molecular complexity index is 916. The Kier molecular flexibility index (Phi) is 5.78. The zero-order valence-electron chi connectivity index (χ0n) is 16.0. The van der Waals surface area contributed by atoms with Crippen molar-refractivity contribution in [3.8, 4) is 11.1 Å². The first-order chi connectivity index (χ1) is 13.8. The Balaban J connectivity index is 1.45. The Morgan fingerprint density at radius 3 is 2.43 bits per heavy atom. The van der Waals surface area contributed by atoms with Crippen molar-refractivity contribution in [1.29, 1.82) is 0 Å². The van der Waals surface area contributed by atoms with Crippen molar-refractivity contribution in [1.82, 2.24) is 15.2 Å². The maximum atomic E-state index is 12.3. The number of nitrogens with one attached hydrogen (secondary N) is 1. The maximum absolute atomic E-state index is 12.3. The van der Waals surface area contributed by atoms with Gasteiger partial charge >= 0.3 is 0 Å². The van der Waals surface area contributed by atoms with Gasteiger partial charge < -0.3 is 5.32 Å². The van der Waals surface area contributed by atoms with E-state index in [2.05, 4.69) is 51.6 Å². The van der Waals surface area contributed by atoms with Crippen LogP contribution in [0, 0.1) is 0 Å². The summed E-state index contributed by atoms with van der Waals surface area (Å²) in [5.41, 5.74) is 5.21. The Labute approximate surface area is 166 Å². The van der Waals surface area contributed by atoms with E-state index in [0.29, 0.717) is 12.2 Å². The normalized spacial score (nSPS) is 14.1. The average Bonchev–Trinajstić information content (AvgIpc) is 3.26. The number of pyridine rings is 1. The van der Waals surface area contributed by atoms with Gasteiger partial charge in [-0.05, 0) is 60.3 Å². The molecule has 0 bridgehead atoms. The van der Waals surface area contributed by atoms with E-state index in [1.165, 1.54) is 37.1 Å². The quantitative estimate of drug-likeness (QED) is 0.704. The van der Waals surface area contributed by atoms with Gasteiger partial charge in [-0.2, -0.15) is 0 Å². The number of hydrogen-bond donors (Lipinski definition) is 1. The van der Waals surface area contributed by atoms with Crippen LogP contribution in [0.5, 0.6) is 0 Å². The topological polar surface area (TPSA) is 45.2 Å². The molecule has 0 aliphatic carbocycles. The summed E-state index contributed by atoms with van der Waals surface area (Å²) < 4.78 is 0. The predicted molar refractivity (Wildman–Crippen MR) is 112 cm³/mol. The van der Waals surface area contributed by atoms with Crippen LogP contribution in [0.3, 0.4) is 0 Å². The molecule has 1 N–H and O–H groups in total. The fraction of sp³-hybridized carbons (Fsp3) is 0.250. The highest BCUT2D eigenvalue weighted by atomic mass is 16.1. The lowest BCUT2D eigenvalue weighted by Crippen LogP contribution is -2.23. The number of rotatable bonds is 6. The third kappa shape index (κ3) is 4.46. The number of benzene rings is 2. The third-order valence-corrected chi connectivity index (χ3v) is 5.22. The minimum atomic E-state index is -0.156. The molecule has 0 spiro atoms. The maximum Gasteiger partial charge on any atom is 0.270 e. The minimum absolute atomic E-state index is 0.156. The smallest absolute Gasteiger partial charge is 0.270 e. The lowest BCUT2D eigenvalue weighted by Gasteiger charge is -2.15. The summed E-state index contributed by atoms with van der Waals surface area (Å²) in [5, 5.41) is 2.98. The number of amides is 1. The van der Waals surface area contributed by atoms with Crippen molar-refractivity contribution in [3.05, 3.63) is 89.7 Å². The molecule has 1 aliphatic rings. The Hall–Kier alpha value is -2.98. The van der Waals surface area contributed by atoms with E-state index >= 15 is 0 Å². The first-order valence-electron chi connectivity index (χ1n) is 9.88. The van der Waals surface area contributed by atoms with Gasteiger partial charge in [0.1, 0.15) is 5.69 Å². The highest BCUT2D eigenvalue weighted by Gasteiger charge is 2.12. The summed E-state index contributed by atoms with van der Waals surface area (Å²) in [5.74, 6) is -0.156. The monoisotopic (exact) mass is 371 g/mol. The van der Waals surface area contributed by atoms with E-state index in [9.17, 15) is 4.79 Å². The molecule has 0 saturated carbocycles. The van der Waals surface area contributed by atoms with Crippen molar-refractivity contribution in [2.45, 2.75) is 25.9 Å². The second kappa shape index (κ2) is 8.81. The van der Waals surface area contributed by atoms with Gasteiger partial charge in [-0.15, -0.1) is 0 Å². The van der Waals surface area contributed by atoms with Crippen LogP contribution in [-0.4, -0.2) is 28.9 Å². The highest BCUT2D eigenvalue weighted by Crippen LogP contribution is 2.25. The second-order valence-electron chi connectivity index (χ2n) is 7.23. The van der Waals surface area contributed by atoms with Crippen molar-refractivity contribution < 1.29 is 4.79 Å². The number of likely N-dealkylation sites (tertiary alicyclic amines) is 1. The van der Waals surface area contributed by atoms with Crippen LogP contribution in [0.25, 0.3) is 11.1 Å². The molecular weight excluding hydrogens is 346 g/mol. The summed E-state index contributed by atoms with van der Waals surface area (Å²) in [7, 11) is 0. The van der Waals surface area contributed by atoms with E-state index in [1.807, 2.05) is 18.2 Å². The van der Waals surface area contributed by atoms with Crippen LogP contribution in [0.1, 0.15) is 34.5 Å². The van der Waals surface area contributed by atoms with Crippen LogP contribution in [0.15, 0.2) is 72.9 Å². The molecule has 4 rings (SSSR count). The summed E-state index contributed by atoms with van der Waals surface area (Å²) in [4.78, 5) is 18.9. The number of nitrogens with zero attached hydrogens (tertiary/aromatic N) is 2. The first-order valence-corrected chi connectivity index (χ1v) is 9.88. The van der Waals surface area contributed by atoms with Gasteiger partial charge in [0.2, 0.25) is 0 Å². The summed E-state index contributed by atoms with van der Waals surface area (Å²) in [6.45, 7) is 3.92. The van der Waals surface area contributed by atoms with Gasteiger partial charge in [0.15, 0.2) is 0 Å². The Morgan fingerprint density at radius 1 is 0.929 bits per heavy atom. The third-order valence-electron chi connectivity index (χ3n) is 5.22. The minimum Gasteiger partial charge on any atom is -0.347 e. The van der Waals surface area contributed by atoms with Crippen molar-refractivity contribution in [2.24, 2.45) is 0 Å². The largest absolute Gasteiger partial charge is 0.347 e. The SMILES string of the molecule is O=C(NCc1ccccc1-c1ccc(CN2CCCC2)cc1)c1ccccn1. The summed E-state index contributed by atoms with van der Waals surface area (Å²) in [6.07, 6.45) is 4.26. The van der Waals surface area contributed by atoms with Crippen molar-refractivity contribution in [2.75, 3.05) is 13.1 Å². The van der Waals surface area contributed by atoms with E-state index in [1.54, 1.807) is 18.3 Å². The molecular formula is C24H25N3O. The number of aromatic nitrogens is 1. The molecule has 142 valence electrons. The van der Waals surface area contributed by atoms with Crippen LogP contribution in [-0.2, 0) is 13.1 Å². The lowest BCUT2D eigenvalue weighted by atomic mass is 9.98. The zero-order chi connectivity index (χ0) is 19.2. The average molecular weight is 371 g/mol. The summed E-state index contributed by atoms with van der Waals surface area (Å²) in [6, 6.07) is 22.4. The molecule has 1 aromatic heterocycles. The van der Waals surface area contributed by atoms with Gasteiger partial charge in [-0.3, -0.25) is 14.7 Å². The van der Waals surface area contributed by atoms with Crippen LogP contribution < -0.4 is 5.32 Å². The number of hydrogen-bond acceptors (Lipinski definition) is 3. The van der Waals surface area contributed by atoms with E-state index in [-0.39, 0.29) is 5.91 Å². The molecule has 0 radical (unpaired) electrons. The molecule has 2 aromatic carbocycles. The fourth-order valence-electron chi connectivity index (χ4n) is 3.71. The van der Waals surface area contributed by atoms with Crippen LogP contribution in [0.2, 0.25) is 0 Å². The highest BCUT2D eigenvalue weighted by molar-refractivity contribution is 5.92. The molecule has 1 saturated heterocycles. The number of carbonyl (C=O) groups is 1. The van der Waals surface area contributed by atoms with Gasteiger partial charge in [-0.25, -0.2) is 0 Å². The Morgan fingerprint density at radius 2 is 1.68 bits per heavy atom. The first kappa shape index (κ1) is 18.4. The molecule has 1 amide bonds. The molecule has 0 atom stereocenters. The number of carbonyl (C=O) groups excluding carboxylic acids is 1. The molecule has 4 nitrogen and oxygen atoms in total. The summed E-state index contributed by atoms with van der Waals surface area (Å²) >= 11 is 0. The van der Waals surface area contributed by atoms with Gasteiger partial charge in [0.05, 0.1) is 0 Å². The van der Waals surface area contributed by atoms with Gasteiger partial charge in [0.25, 0.3) is 5.91 Å². The standard InChI is InChI=1S/C24H25N3O/c28-24(23-9-3-4-14-25-23)26-17-21-7-1-2-8-22(21)20-12-10-19(11-13-20)18-27-15-5-6-16-27/h1-4,7-14H,5-6,15-18H2,(H,26,28). The van der Waals surface area contributed by atoms with Crippen molar-refractivity contribution >= 4 is 5.91 Å². The lowest BCUT2D eigenvalue weighted by molar-refractivity contribution is 0.0946. The molecule has 0 unspecified atom stereocenters.